The standard InChI is InChI=1S/C36H23N5/c1-22-9-8-16-32-33(22)39-36-40(30-14-6-7-15-31(30)41(32)36)23-17-18-28-29(21-23)26-12-3-2-10-24(26)25-11-4-5-13-27(25)34-35(28)38-20-19-37-34/h2-21H,1H3/i1D3. The zero-order valence-electron chi connectivity index (χ0n) is 24.8. The summed E-state index contributed by atoms with van der Waals surface area (Å²) in [5, 5.41) is 0. The number of para-hydroxylation sites is 3. The summed E-state index contributed by atoms with van der Waals surface area (Å²) in [6.07, 6.45) is 3.49. The van der Waals surface area contributed by atoms with Crippen molar-refractivity contribution in [2.75, 3.05) is 0 Å². The van der Waals surface area contributed by atoms with Gasteiger partial charge in [-0.05, 0) is 65.0 Å². The number of nitrogens with zero attached hydrogens (tertiary/aromatic N) is 5. The number of hydrogen-bond donors (Lipinski definition) is 0. The third-order valence-electron chi connectivity index (χ3n) is 8.14. The molecule has 0 amide bonds. The number of benzene rings is 5. The average molecular weight is 529 g/mol. The molecule has 1 aliphatic carbocycles. The van der Waals surface area contributed by atoms with E-state index < -0.39 is 6.85 Å². The monoisotopic (exact) mass is 528 g/mol. The molecule has 9 rings (SSSR count). The van der Waals surface area contributed by atoms with Crippen LogP contribution in [0, 0.1) is 6.85 Å². The number of fused-ring (bicyclic) bond motifs is 13. The van der Waals surface area contributed by atoms with Crippen molar-refractivity contribution in [2.24, 2.45) is 0 Å². The van der Waals surface area contributed by atoms with Gasteiger partial charge in [-0.1, -0.05) is 78.9 Å². The van der Waals surface area contributed by atoms with Gasteiger partial charge >= 0.3 is 0 Å². The van der Waals surface area contributed by atoms with E-state index in [4.69, 9.17) is 19.1 Å². The topological polar surface area (TPSA) is 48.0 Å². The van der Waals surface area contributed by atoms with Crippen LogP contribution in [0.4, 0.5) is 0 Å². The first-order valence-electron chi connectivity index (χ1n) is 15.0. The molecule has 0 saturated carbocycles. The molecule has 0 saturated heterocycles. The second-order valence-electron chi connectivity index (χ2n) is 10.3. The maximum absolute atomic E-state index is 8.15. The Balaban J connectivity index is 1.39. The average Bonchev–Trinajstić information content (AvgIpc) is 3.58. The van der Waals surface area contributed by atoms with Gasteiger partial charge in [0, 0.05) is 33.3 Å². The van der Waals surface area contributed by atoms with Gasteiger partial charge in [0.25, 0.3) is 0 Å². The molecule has 0 fully saturated rings. The number of hydrogen-bond acceptors (Lipinski definition) is 3. The Kier molecular flexibility index (Phi) is 3.91. The van der Waals surface area contributed by atoms with Crippen LogP contribution in [0.5, 0.6) is 0 Å². The van der Waals surface area contributed by atoms with Gasteiger partial charge in [0.2, 0.25) is 5.78 Å². The number of imidazole rings is 2. The van der Waals surface area contributed by atoms with Gasteiger partial charge in [-0.2, -0.15) is 0 Å². The maximum atomic E-state index is 8.15. The summed E-state index contributed by atoms with van der Waals surface area (Å²) < 4.78 is 28.6. The molecule has 0 bridgehead atoms. The summed E-state index contributed by atoms with van der Waals surface area (Å²) in [6.45, 7) is -2.28. The Hall–Kier alpha value is -5.55. The maximum Gasteiger partial charge on any atom is 0.220 e. The Morgan fingerprint density at radius 3 is 1.93 bits per heavy atom. The lowest BCUT2D eigenvalue weighted by Gasteiger charge is -2.22. The zero-order chi connectivity index (χ0) is 29.6. The third kappa shape index (κ3) is 3.03. The van der Waals surface area contributed by atoms with Gasteiger partial charge in [-0.3, -0.25) is 18.9 Å². The van der Waals surface area contributed by atoms with Crippen molar-refractivity contribution in [2.45, 2.75) is 6.85 Å². The van der Waals surface area contributed by atoms with E-state index in [1.165, 1.54) is 0 Å². The van der Waals surface area contributed by atoms with Crippen LogP contribution in [-0.2, 0) is 0 Å². The van der Waals surface area contributed by atoms with E-state index in [9.17, 15) is 0 Å². The van der Waals surface area contributed by atoms with Crippen LogP contribution in [-0.4, -0.2) is 23.9 Å². The lowest BCUT2D eigenvalue weighted by atomic mass is 9.84. The summed E-state index contributed by atoms with van der Waals surface area (Å²) in [5.41, 5.74) is 12.4. The van der Waals surface area contributed by atoms with Gasteiger partial charge in [-0.25, -0.2) is 4.98 Å². The van der Waals surface area contributed by atoms with Gasteiger partial charge < -0.3 is 0 Å². The predicted molar refractivity (Wildman–Crippen MR) is 165 cm³/mol. The Labute approximate surface area is 240 Å². The minimum absolute atomic E-state index is 0.246. The first-order chi connectivity index (χ1) is 21.5. The minimum atomic E-state index is -2.28. The van der Waals surface area contributed by atoms with Crippen LogP contribution < -0.4 is 0 Å². The molecule has 3 heterocycles. The second kappa shape index (κ2) is 8.23. The molecule has 0 radical (unpaired) electrons. The van der Waals surface area contributed by atoms with E-state index in [0.29, 0.717) is 11.3 Å². The van der Waals surface area contributed by atoms with Crippen LogP contribution in [0.25, 0.3) is 78.3 Å². The molecule has 8 aromatic rings. The molecule has 0 aliphatic heterocycles. The molecule has 41 heavy (non-hydrogen) atoms. The summed E-state index contributed by atoms with van der Waals surface area (Å²) >= 11 is 0. The molecule has 0 unspecified atom stereocenters. The third-order valence-corrected chi connectivity index (χ3v) is 8.14. The molecule has 0 atom stereocenters. The van der Waals surface area contributed by atoms with Crippen molar-refractivity contribution >= 4 is 27.8 Å². The fraction of sp³-hybridized carbons (Fsp3) is 0.0278. The highest BCUT2D eigenvalue weighted by molar-refractivity contribution is 6.02. The fourth-order valence-electron chi connectivity index (χ4n) is 6.39. The molecule has 192 valence electrons. The van der Waals surface area contributed by atoms with Crippen LogP contribution in [0.2, 0.25) is 0 Å². The van der Waals surface area contributed by atoms with Crippen LogP contribution in [0.3, 0.4) is 0 Å². The van der Waals surface area contributed by atoms with Gasteiger partial charge in [0.05, 0.1) is 33.5 Å². The van der Waals surface area contributed by atoms with Crippen LogP contribution >= 0.6 is 0 Å². The van der Waals surface area contributed by atoms with Crippen LogP contribution in [0.15, 0.2) is 122 Å². The van der Waals surface area contributed by atoms with Gasteiger partial charge in [-0.15, -0.1) is 0 Å². The summed E-state index contributed by atoms with van der Waals surface area (Å²) in [4.78, 5) is 14.7. The molecule has 3 aromatic heterocycles. The van der Waals surface area contributed by atoms with Crippen molar-refractivity contribution in [3.63, 3.8) is 0 Å². The van der Waals surface area contributed by atoms with Crippen molar-refractivity contribution in [3.8, 4) is 50.5 Å². The Morgan fingerprint density at radius 1 is 0.561 bits per heavy atom. The zero-order valence-corrected chi connectivity index (χ0v) is 21.8. The van der Waals surface area contributed by atoms with E-state index in [1.807, 2.05) is 30.3 Å². The van der Waals surface area contributed by atoms with E-state index >= 15 is 0 Å². The molecule has 0 spiro atoms. The normalized spacial score (nSPS) is 13.4. The predicted octanol–water partition coefficient (Wildman–Crippen LogP) is 8.51. The fourth-order valence-corrected chi connectivity index (χ4v) is 6.39. The number of aryl methyl sites for hydroxylation is 1. The lowest BCUT2D eigenvalue weighted by Crippen LogP contribution is -2.02. The second-order valence-corrected chi connectivity index (χ2v) is 10.3. The highest BCUT2D eigenvalue weighted by Crippen LogP contribution is 2.46. The van der Waals surface area contributed by atoms with E-state index in [1.54, 1.807) is 24.5 Å². The molecule has 5 nitrogen and oxygen atoms in total. The lowest BCUT2D eigenvalue weighted by molar-refractivity contribution is 1.11. The number of rotatable bonds is 1. The first kappa shape index (κ1) is 19.5. The minimum Gasteiger partial charge on any atom is -0.278 e. The molecule has 5 heteroatoms. The number of aromatic nitrogens is 5. The summed E-state index contributed by atoms with van der Waals surface area (Å²) in [7, 11) is 0. The summed E-state index contributed by atoms with van der Waals surface area (Å²) in [5.74, 6) is 0.655. The smallest absolute Gasteiger partial charge is 0.220 e. The van der Waals surface area contributed by atoms with E-state index in [-0.39, 0.29) is 5.56 Å². The molecular weight excluding hydrogens is 502 g/mol. The molecule has 1 aliphatic rings. The SMILES string of the molecule is [2H]C([2H])([2H])c1cccc2c1nc1n(-c3ccc4c(c3)-c3ccccc3-c3ccccc3-c3nccnc3-4)c3ccccc3n21. The van der Waals surface area contributed by atoms with Crippen molar-refractivity contribution < 1.29 is 4.11 Å². The molecular formula is C36H23N5. The Bertz CT molecular complexity index is 2450. The van der Waals surface area contributed by atoms with Gasteiger partial charge in [0.1, 0.15) is 0 Å². The quantitative estimate of drug-likeness (QED) is 0.215. The Morgan fingerprint density at radius 2 is 1.17 bits per heavy atom. The molecule has 0 N–H and O–H groups in total. The summed E-state index contributed by atoms with van der Waals surface area (Å²) in [6, 6.07) is 36.7. The van der Waals surface area contributed by atoms with Crippen molar-refractivity contribution in [1.29, 1.82) is 0 Å². The molecule has 5 aromatic carbocycles. The van der Waals surface area contributed by atoms with Crippen molar-refractivity contribution in [1.82, 2.24) is 23.9 Å². The largest absolute Gasteiger partial charge is 0.278 e. The van der Waals surface area contributed by atoms with E-state index in [2.05, 4.69) is 75.7 Å². The first-order valence-corrected chi connectivity index (χ1v) is 13.5. The highest BCUT2D eigenvalue weighted by Gasteiger charge is 2.25. The highest BCUT2D eigenvalue weighted by atomic mass is 15.2. The van der Waals surface area contributed by atoms with Gasteiger partial charge in [0.15, 0.2) is 0 Å². The van der Waals surface area contributed by atoms with Crippen molar-refractivity contribution in [3.05, 3.63) is 127 Å². The van der Waals surface area contributed by atoms with E-state index in [0.717, 1.165) is 67.0 Å². The van der Waals surface area contributed by atoms with Crippen LogP contribution in [0.1, 0.15) is 9.68 Å².